The highest BCUT2D eigenvalue weighted by atomic mass is 35.5. The summed E-state index contributed by atoms with van der Waals surface area (Å²) in [5.41, 5.74) is 3.33. The Morgan fingerprint density at radius 3 is 2.37 bits per heavy atom. The first kappa shape index (κ1) is 12.4. The van der Waals surface area contributed by atoms with Gasteiger partial charge in [0.15, 0.2) is 5.78 Å². The van der Waals surface area contributed by atoms with Gasteiger partial charge in [-0.2, -0.15) is 0 Å². The molecule has 1 aliphatic heterocycles. The number of Topliss-reactive ketones (excluding diaryl/α,β-unsaturated/α-hetero) is 1. The molecule has 3 rings (SSSR count). The molecule has 0 spiro atoms. The molecule has 0 saturated carbocycles. The van der Waals surface area contributed by atoms with Crippen molar-refractivity contribution < 1.29 is 4.79 Å². The van der Waals surface area contributed by atoms with Crippen molar-refractivity contribution in [2.45, 2.75) is 13.1 Å². The highest BCUT2D eigenvalue weighted by Crippen LogP contribution is 2.22. The van der Waals surface area contributed by atoms with Crippen molar-refractivity contribution in [3.05, 3.63) is 70.2 Å². The second-order valence-electron chi connectivity index (χ2n) is 4.85. The smallest absolute Gasteiger partial charge is 0.176 e. The molecule has 0 radical (unpaired) electrons. The van der Waals surface area contributed by atoms with Crippen LogP contribution >= 0.6 is 11.6 Å². The lowest BCUT2D eigenvalue weighted by atomic mass is 10.1. The van der Waals surface area contributed by atoms with E-state index in [-0.39, 0.29) is 5.78 Å². The lowest BCUT2D eigenvalue weighted by molar-refractivity contribution is 0.0929. The summed E-state index contributed by atoms with van der Waals surface area (Å²) < 4.78 is 0. The minimum Gasteiger partial charge on any atom is -0.293 e. The van der Waals surface area contributed by atoms with E-state index >= 15 is 0 Å². The zero-order chi connectivity index (χ0) is 13.2. The summed E-state index contributed by atoms with van der Waals surface area (Å²) in [5, 5.41) is 0.607. The van der Waals surface area contributed by atoms with Crippen molar-refractivity contribution in [3.63, 3.8) is 0 Å². The first-order chi connectivity index (χ1) is 9.22. The zero-order valence-electron chi connectivity index (χ0n) is 10.5. The Morgan fingerprint density at radius 1 is 1.05 bits per heavy atom. The first-order valence-electron chi connectivity index (χ1n) is 6.30. The summed E-state index contributed by atoms with van der Waals surface area (Å²) in [6.45, 7) is 2.14. The maximum Gasteiger partial charge on any atom is 0.176 e. The van der Waals surface area contributed by atoms with E-state index in [1.54, 1.807) is 12.1 Å². The molecule has 0 unspecified atom stereocenters. The Labute approximate surface area is 117 Å². The number of nitrogens with zero attached hydrogens (tertiary/aromatic N) is 1. The van der Waals surface area contributed by atoms with E-state index in [9.17, 15) is 4.79 Å². The third-order valence-corrected chi connectivity index (χ3v) is 3.66. The molecule has 1 aliphatic rings. The third kappa shape index (κ3) is 2.70. The Balaban J connectivity index is 1.69. The van der Waals surface area contributed by atoms with Crippen molar-refractivity contribution in [1.29, 1.82) is 0 Å². The number of halogens is 1. The predicted octanol–water partition coefficient (Wildman–Crippen LogP) is 3.54. The molecule has 0 amide bonds. The van der Waals surface area contributed by atoms with E-state index in [0.717, 1.165) is 13.1 Å². The molecule has 19 heavy (non-hydrogen) atoms. The highest BCUT2D eigenvalue weighted by molar-refractivity contribution is 6.31. The lowest BCUT2D eigenvalue weighted by Crippen LogP contribution is -2.24. The Kier molecular flexibility index (Phi) is 3.36. The molecule has 3 heteroatoms. The van der Waals surface area contributed by atoms with Gasteiger partial charge in [0, 0.05) is 23.7 Å². The first-order valence-corrected chi connectivity index (χ1v) is 6.68. The number of carbonyl (C=O) groups excluding carboxylic acids is 1. The SMILES string of the molecule is O=C(CN1Cc2ccccc2C1)c1cccc(Cl)c1. The number of benzene rings is 2. The summed E-state index contributed by atoms with van der Waals surface area (Å²) in [4.78, 5) is 14.4. The topological polar surface area (TPSA) is 20.3 Å². The van der Waals surface area contributed by atoms with Gasteiger partial charge in [0.25, 0.3) is 0 Å². The number of hydrogen-bond donors (Lipinski definition) is 0. The van der Waals surface area contributed by atoms with Gasteiger partial charge in [0.2, 0.25) is 0 Å². The second kappa shape index (κ2) is 5.16. The number of carbonyl (C=O) groups is 1. The number of fused-ring (bicyclic) bond motifs is 1. The fraction of sp³-hybridized carbons (Fsp3) is 0.188. The van der Waals surface area contributed by atoms with Gasteiger partial charge in [-0.15, -0.1) is 0 Å². The van der Waals surface area contributed by atoms with Crippen molar-refractivity contribution >= 4 is 17.4 Å². The minimum absolute atomic E-state index is 0.121. The zero-order valence-corrected chi connectivity index (χ0v) is 11.2. The molecule has 0 aliphatic carbocycles. The van der Waals surface area contributed by atoms with Crippen LogP contribution in [0, 0.1) is 0 Å². The Bertz CT molecular complexity index is 599. The molecule has 96 valence electrons. The quantitative estimate of drug-likeness (QED) is 0.796. The molecule has 2 aromatic rings. The Hall–Kier alpha value is -1.64. The van der Waals surface area contributed by atoms with Crippen molar-refractivity contribution in [3.8, 4) is 0 Å². The van der Waals surface area contributed by atoms with Crippen molar-refractivity contribution in [2.75, 3.05) is 6.54 Å². The van der Waals surface area contributed by atoms with Crippen LogP contribution in [-0.4, -0.2) is 17.2 Å². The predicted molar refractivity (Wildman–Crippen MR) is 76.3 cm³/mol. The largest absolute Gasteiger partial charge is 0.293 e. The molecule has 0 aromatic heterocycles. The van der Waals surface area contributed by atoms with Gasteiger partial charge in [0.05, 0.1) is 6.54 Å². The summed E-state index contributed by atoms with van der Waals surface area (Å²) in [7, 11) is 0. The van der Waals surface area contributed by atoms with Crippen LogP contribution in [0.25, 0.3) is 0 Å². The van der Waals surface area contributed by atoms with Gasteiger partial charge in [-0.1, -0.05) is 48.0 Å². The molecule has 2 aromatic carbocycles. The number of ketones is 1. The average molecular weight is 272 g/mol. The summed E-state index contributed by atoms with van der Waals surface area (Å²) in [5.74, 6) is 0.121. The molecular formula is C16H14ClNO. The van der Waals surface area contributed by atoms with Crippen molar-refractivity contribution in [1.82, 2.24) is 4.90 Å². The average Bonchev–Trinajstić information content (AvgIpc) is 2.80. The monoisotopic (exact) mass is 271 g/mol. The summed E-state index contributed by atoms with van der Waals surface area (Å²) >= 11 is 5.91. The van der Waals surface area contributed by atoms with Crippen LogP contribution < -0.4 is 0 Å². The second-order valence-corrected chi connectivity index (χ2v) is 5.28. The van der Waals surface area contributed by atoms with E-state index < -0.39 is 0 Å². The van der Waals surface area contributed by atoms with E-state index in [1.165, 1.54) is 11.1 Å². The van der Waals surface area contributed by atoms with Gasteiger partial charge in [-0.25, -0.2) is 0 Å². The van der Waals surface area contributed by atoms with Gasteiger partial charge < -0.3 is 0 Å². The lowest BCUT2D eigenvalue weighted by Gasteiger charge is -2.13. The number of rotatable bonds is 3. The fourth-order valence-electron chi connectivity index (χ4n) is 2.47. The van der Waals surface area contributed by atoms with E-state index in [0.29, 0.717) is 17.1 Å². The van der Waals surface area contributed by atoms with Gasteiger partial charge in [0.1, 0.15) is 0 Å². The maximum atomic E-state index is 12.2. The van der Waals surface area contributed by atoms with Gasteiger partial charge in [-0.3, -0.25) is 9.69 Å². The Morgan fingerprint density at radius 2 is 1.74 bits per heavy atom. The molecule has 0 saturated heterocycles. The van der Waals surface area contributed by atoms with E-state index in [1.807, 2.05) is 24.3 Å². The van der Waals surface area contributed by atoms with Crippen LogP contribution in [0.4, 0.5) is 0 Å². The summed E-state index contributed by atoms with van der Waals surface area (Å²) in [6.07, 6.45) is 0. The van der Waals surface area contributed by atoms with E-state index in [2.05, 4.69) is 17.0 Å². The van der Waals surface area contributed by atoms with Crippen LogP contribution in [0.2, 0.25) is 5.02 Å². The minimum atomic E-state index is 0.121. The molecule has 1 heterocycles. The molecular weight excluding hydrogens is 258 g/mol. The highest BCUT2D eigenvalue weighted by Gasteiger charge is 2.20. The van der Waals surface area contributed by atoms with Crippen molar-refractivity contribution in [2.24, 2.45) is 0 Å². The molecule has 2 nitrogen and oxygen atoms in total. The molecule has 0 bridgehead atoms. The molecule has 0 N–H and O–H groups in total. The van der Waals surface area contributed by atoms with Crippen LogP contribution in [0.15, 0.2) is 48.5 Å². The summed E-state index contributed by atoms with van der Waals surface area (Å²) in [6, 6.07) is 15.5. The van der Waals surface area contributed by atoms with Crippen LogP contribution in [0.5, 0.6) is 0 Å². The normalized spacial score (nSPS) is 14.4. The molecule has 0 atom stereocenters. The van der Waals surface area contributed by atoms with Gasteiger partial charge >= 0.3 is 0 Å². The van der Waals surface area contributed by atoms with Crippen LogP contribution in [-0.2, 0) is 13.1 Å². The van der Waals surface area contributed by atoms with Crippen LogP contribution in [0.1, 0.15) is 21.5 Å². The maximum absolute atomic E-state index is 12.2. The number of hydrogen-bond acceptors (Lipinski definition) is 2. The van der Waals surface area contributed by atoms with Crippen LogP contribution in [0.3, 0.4) is 0 Å². The standard InChI is InChI=1S/C16H14ClNO/c17-15-7-3-6-12(8-15)16(19)11-18-9-13-4-1-2-5-14(13)10-18/h1-8H,9-11H2. The van der Waals surface area contributed by atoms with E-state index in [4.69, 9.17) is 11.6 Å². The van der Waals surface area contributed by atoms with Gasteiger partial charge in [-0.05, 0) is 23.3 Å². The molecule has 0 fully saturated rings. The third-order valence-electron chi connectivity index (χ3n) is 3.42. The fourth-order valence-corrected chi connectivity index (χ4v) is 2.66.